The lowest BCUT2D eigenvalue weighted by atomic mass is 9.88. The van der Waals surface area contributed by atoms with Gasteiger partial charge in [-0.2, -0.15) is 0 Å². The molecule has 3 heterocycles. The Labute approximate surface area is 138 Å². The molecule has 2 saturated heterocycles. The van der Waals surface area contributed by atoms with Crippen LogP contribution in [0.15, 0.2) is 24.5 Å². The quantitative estimate of drug-likeness (QED) is 0.905. The maximum absolute atomic E-state index is 12.3. The molecule has 0 aromatic carbocycles. The van der Waals surface area contributed by atoms with Crippen molar-refractivity contribution in [1.82, 2.24) is 15.2 Å². The maximum atomic E-state index is 12.3. The molecule has 0 aliphatic carbocycles. The molecule has 2 fully saturated rings. The highest BCUT2D eigenvalue weighted by atomic mass is 35.5. The van der Waals surface area contributed by atoms with E-state index in [2.05, 4.69) is 10.3 Å². The Morgan fingerprint density at radius 3 is 2.38 bits per heavy atom. The number of likely N-dealkylation sites (tertiary alicyclic amines) is 1. The number of piperidine rings is 1. The molecule has 3 rings (SSSR count). The van der Waals surface area contributed by atoms with E-state index in [1.165, 1.54) is 19.4 Å². The molecule has 1 aromatic rings. The van der Waals surface area contributed by atoms with Gasteiger partial charge in [-0.15, -0.1) is 24.8 Å². The first-order valence-electron chi connectivity index (χ1n) is 7.27. The summed E-state index contributed by atoms with van der Waals surface area (Å²) in [5.74, 6) is 0.907. The van der Waals surface area contributed by atoms with Crippen molar-refractivity contribution in [2.24, 2.45) is 5.92 Å². The first-order chi connectivity index (χ1) is 9.34. The summed E-state index contributed by atoms with van der Waals surface area (Å²) in [6.07, 6.45) is 8.25. The Hall–Kier alpha value is -0.840. The molecule has 0 spiro atoms. The minimum absolute atomic E-state index is 0. The molecular weight excluding hydrogens is 309 g/mol. The maximum Gasteiger partial charge on any atom is 0.253 e. The van der Waals surface area contributed by atoms with Crippen LogP contribution in [0.25, 0.3) is 0 Å². The van der Waals surface area contributed by atoms with Crippen molar-refractivity contribution < 1.29 is 4.79 Å². The van der Waals surface area contributed by atoms with Crippen LogP contribution < -0.4 is 5.32 Å². The van der Waals surface area contributed by atoms with Gasteiger partial charge in [-0.05, 0) is 50.3 Å². The molecule has 1 unspecified atom stereocenters. The standard InChI is InChI=1S/C15H21N3O.2ClH/c19-15(13-3-8-16-9-4-13)18-10-5-12(6-11-18)14-2-1-7-17-14;;/h3-4,8-9,12,14,17H,1-2,5-7,10-11H2;2*1H. The van der Waals surface area contributed by atoms with Gasteiger partial charge in [-0.1, -0.05) is 0 Å². The second-order valence-corrected chi connectivity index (χ2v) is 5.57. The van der Waals surface area contributed by atoms with Crippen LogP contribution >= 0.6 is 24.8 Å². The van der Waals surface area contributed by atoms with E-state index in [1.807, 2.05) is 4.90 Å². The van der Waals surface area contributed by atoms with Crippen molar-refractivity contribution in [2.75, 3.05) is 19.6 Å². The molecule has 4 nitrogen and oxygen atoms in total. The lowest BCUT2D eigenvalue weighted by molar-refractivity contribution is 0.0674. The highest BCUT2D eigenvalue weighted by Crippen LogP contribution is 2.26. The molecule has 2 aliphatic heterocycles. The third-order valence-electron chi connectivity index (χ3n) is 4.42. The number of nitrogens with zero attached hydrogens (tertiary/aromatic N) is 2. The minimum Gasteiger partial charge on any atom is -0.339 e. The number of aromatic nitrogens is 1. The van der Waals surface area contributed by atoms with Crippen LogP contribution in [-0.4, -0.2) is 41.5 Å². The third-order valence-corrected chi connectivity index (χ3v) is 4.42. The van der Waals surface area contributed by atoms with Gasteiger partial charge in [0.15, 0.2) is 0 Å². The molecular formula is C15H23Cl2N3O. The number of rotatable bonds is 2. The second kappa shape index (κ2) is 8.57. The molecule has 21 heavy (non-hydrogen) atoms. The fraction of sp³-hybridized carbons (Fsp3) is 0.600. The molecule has 0 saturated carbocycles. The molecule has 6 heteroatoms. The SMILES string of the molecule is Cl.Cl.O=C(c1ccncc1)N1CCC(C2CCCN2)CC1. The Morgan fingerprint density at radius 1 is 1.14 bits per heavy atom. The number of carbonyl (C=O) groups excluding carboxylic acids is 1. The summed E-state index contributed by atoms with van der Waals surface area (Å²) in [7, 11) is 0. The summed E-state index contributed by atoms with van der Waals surface area (Å²) < 4.78 is 0. The normalized spacial score (nSPS) is 22.3. The highest BCUT2D eigenvalue weighted by molar-refractivity contribution is 5.94. The van der Waals surface area contributed by atoms with Gasteiger partial charge in [0.25, 0.3) is 5.91 Å². The van der Waals surface area contributed by atoms with Crippen LogP contribution in [0.2, 0.25) is 0 Å². The van der Waals surface area contributed by atoms with E-state index < -0.39 is 0 Å². The zero-order valence-electron chi connectivity index (χ0n) is 12.0. The summed E-state index contributed by atoms with van der Waals surface area (Å²) in [6, 6.07) is 4.29. The van der Waals surface area contributed by atoms with Crippen molar-refractivity contribution in [3.05, 3.63) is 30.1 Å². The summed E-state index contributed by atoms with van der Waals surface area (Å²) in [4.78, 5) is 18.3. The zero-order chi connectivity index (χ0) is 13.1. The van der Waals surface area contributed by atoms with Gasteiger partial charge in [-0.3, -0.25) is 9.78 Å². The second-order valence-electron chi connectivity index (χ2n) is 5.57. The minimum atomic E-state index is 0. The number of pyridine rings is 1. The van der Waals surface area contributed by atoms with Gasteiger partial charge < -0.3 is 10.2 Å². The molecule has 0 bridgehead atoms. The number of carbonyl (C=O) groups is 1. The summed E-state index contributed by atoms with van der Waals surface area (Å²) >= 11 is 0. The van der Waals surface area contributed by atoms with Crippen LogP contribution in [0.3, 0.4) is 0 Å². The van der Waals surface area contributed by atoms with E-state index in [9.17, 15) is 4.79 Å². The summed E-state index contributed by atoms with van der Waals surface area (Å²) in [5, 5.41) is 3.59. The van der Waals surface area contributed by atoms with Gasteiger partial charge in [0.1, 0.15) is 0 Å². The van der Waals surface area contributed by atoms with E-state index in [1.54, 1.807) is 24.5 Å². The Kier molecular flexibility index (Phi) is 7.43. The number of halogens is 2. The third kappa shape index (κ3) is 4.31. The predicted octanol–water partition coefficient (Wildman–Crippen LogP) is 2.53. The van der Waals surface area contributed by atoms with Crippen molar-refractivity contribution >= 4 is 30.7 Å². The van der Waals surface area contributed by atoms with E-state index in [4.69, 9.17) is 0 Å². The molecule has 1 atom stereocenters. The highest BCUT2D eigenvalue weighted by Gasteiger charge is 2.30. The molecule has 1 N–H and O–H groups in total. The van der Waals surface area contributed by atoms with Crippen LogP contribution in [-0.2, 0) is 0 Å². The Morgan fingerprint density at radius 2 is 1.81 bits per heavy atom. The van der Waals surface area contributed by atoms with Gasteiger partial charge in [0.05, 0.1) is 0 Å². The zero-order valence-corrected chi connectivity index (χ0v) is 13.7. The van der Waals surface area contributed by atoms with Gasteiger partial charge in [-0.25, -0.2) is 0 Å². The smallest absolute Gasteiger partial charge is 0.253 e. The molecule has 0 radical (unpaired) electrons. The van der Waals surface area contributed by atoms with Crippen molar-refractivity contribution in [1.29, 1.82) is 0 Å². The van der Waals surface area contributed by atoms with Gasteiger partial charge in [0, 0.05) is 37.1 Å². The number of nitrogens with one attached hydrogen (secondary N) is 1. The molecule has 118 valence electrons. The molecule has 1 amide bonds. The van der Waals surface area contributed by atoms with Crippen molar-refractivity contribution in [2.45, 2.75) is 31.7 Å². The Bertz CT molecular complexity index is 430. The lowest BCUT2D eigenvalue weighted by Gasteiger charge is -2.35. The largest absolute Gasteiger partial charge is 0.339 e. The lowest BCUT2D eigenvalue weighted by Crippen LogP contribution is -2.43. The van der Waals surface area contributed by atoms with E-state index in [-0.39, 0.29) is 30.7 Å². The van der Waals surface area contributed by atoms with E-state index in [0.717, 1.165) is 37.4 Å². The fourth-order valence-corrected chi connectivity index (χ4v) is 3.30. The van der Waals surface area contributed by atoms with Gasteiger partial charge in [0.2, 0.25) is 0 Å². The van der Waals surface area contributed by atoms with Crippen LogP contribution in [0, 0.1) is 5.92 Å². The number of amides is 1. The topological polar surface area (TPSA) is 45.2 Å². The average Bonchev–Trinajstić information content (AvgIpc) is 3.02. The van der Waals surface area contributed by atoms with Crippen molar-refractivity contribution in [3.63, 3.8) is 0 Å². The number of hydrogen-bond donors (Lipinski definition) is 1. The monoisotopic (exact) mass is 331 g/mol. The van der Waals surface area contributed by atoms with Crippen molar-refractivity contribution in [3.8, 4) is 0 Å². The average molecular weight is 332 g/mol. The summed E-state index contributed by atoms with van der Waals surface area (Å²) in [6.45, 7) is 2.95. The predicted molar refractivity (Wildman–Crippen MR) is 88.4 cm³/mol. The van der Waals surface area contributed by atoms with Crippen LogP contribution in [0.4, 0.5) is 0 Å². The molecule has 2 aliphatic rings. The molecule has 1 aromatic heterocycles. The van der Waals surface area contributed by atoms with E-state index in [0.29, 0.717) is 6.04 Å². The van der Waals surface area contributed by atoms with Crippen LogP contribution in [0.5, 0.6) is 0 Å². The van der Waals surface area contributed by atoms with Crippen LogP contribution in [0.1, 0.15) is 36.0 Å². The van der Waals surface area contributed by atoms with E-state index >= 15 is 0 Å². The first-order valence-corrected chi connectivity index (χ1v) is 7.27. The first kappa shape index (κ1) is 18.2. The Balaban J connectivity index is 0.00000110. The van der Waals surface area contributed by atoms with Gasteiger partial charge >= 0.3 is 0 Å². The summed E-state index contributed by atoms with van der Waals surface area (Å²) in [5.41, 5.74) is 0.757. The fourth-order valence-electron chi connectivity index (χ4n) is 3.30. The number of hydrogen-bond acceptors (Lipinski definition) is 3.